The Morgan fingerprint density at radius 3 is 2.33 bits per heavy atom. The van der Waals surface area contributed by atoms with Crippen molar-refractivity contribution < 1.29 is 9.50 Å². The fourth-order valence-corrected chi connectivity index (χ4v) is 2.95. The molecule has 1 atom stereocenters. The Kier molecular flexibility index (Phi) is 3.62. The molecule has 100 valence electrons. The Balaban J connectivity index is 2.24. The number of benzene rings is 1. The van der Waals surface area contributed by atoms with Crippen LogP contribution in [0.3, 0.4) is 0 Å². The predicted molar refractivity (Wildman–Crippen MR) is 72.1 cm³/mol. The van der Waals surface area contributed by atoms with Gasteiger partial charge in [0.1, 0.15) is 5.82 Å². The first kappa shape index (κ1) is 13.3. The summed E-state index contributed by atoms with van der Waals surface area (Å²) in [6.07, 6.45) is 4.38. The number of halogens is 1. The van der Waals surface area contributed by atoms with Crippen LogP contribution in [-0.4, -0.2) is 17.3 Å². The van der Waals surface area contributed by atoms with Crippen LogP contribution in [0.1, 0.15) is 39.5 Å². The topological polar surface area (TPSA) is 32.3 Å². The molecule has 0 amide bonds. The zero-order valence-electron chi connectivity index (χ0n) is 11.2. The van der Waals surface area contributed by atoms with E-state index in [0.29, 0.717) is 0 Å². The molecule has 0 aromatic heterocycles. The van der Waals surface area contributed by atoms with E-state index in [4.69, 9.17) is 0 Å². The van der Waals surface area contributed by atoms with Gasteiger partial charge >= 0.3 is 0 Å². The Morgan fingerprint density at radius 1 is 1.17 bits per heavy atom. The van der Waals surface area contributed by atoms with Gasteiger partial charge in [0.15, 0.2) is 0 Å². The lowest BCUT2D eigenvalue weighted by Gasteiger charge is -2.50. The fourth-order valence-electron chi connectivity index (χ4n) is 2.95. The van der Waals surface area contributed by atoms with Crippen molar-refractivity contribution in [3.05, 3.63) is 30.1 Å². The number of hydrogen-bond donors (Lipinski definition) is 2. The number of hydrogen-bond acceptors (Lipinski definition) is 2. The zero-order chi connectivity index (χ0) is 13.2. The van der Waals surface area contributed by atoms with E-state index < -0.39 is 0 Å². The van der Waals surface area contributed by atoms with Gasteiger partial charge in [0.05, 0.1) is 12.1 Å². The molecule has 1 saturated carbocycles. The van der Waals surface area contributed by atoms with Crippen molar-refractivity contribution in [2.45, 2.75) is 45.1 Å². The van der Waals surface area contributed by atoms with Gasteiger partial charge in [-0.1, -0.05) is 26.7 Å². The second kappa shape index (κ2) is 4.88. The molecule has 1 unspecified atom stereocenters. The maximum atomic E-state index is 12.9. The van der Waals surface area contributed by atoms with E-state index in [-0.39, 0.29) is 23.4 Å². The molecule has 1 aliphatic carbocycles. The van der Waals surface area contributed by atoms with Gasteiger partial charge in [0.2, 0.25) is 0 Å². The van der Waals surface area contributed by atoms with E-state index in [2.05, 4.69) is 19.2 Å². The van der Waals surface area contributed by atoms with Crippen LogP contribution < -0.4 is 5.32 Å². The Bertz CT molecular complexity index is 401. The third-order valence-electron chi connectivity index (χ3n) is 4.45. The van der Waals surface area contributed by atoms with Gasteiger partial charge in [-0.05, 0) is 42.5 Å². The predicted octanol–water partition coefficient (Wildman–Crippen LogP) is 3.57. The van der Waals surface area contributed by atoms with E-state index >= 15 is 0 Å². The minimum Gasteiger partial charge on any atom is -0.394 e. The van der Waals surface area contributed by atoms with Crippen LogP contribution in [0.5, 0.6) is 0 Å². The average Bonchev–Trinajstić information content (AvgIpc) is 2.34. The number of aliphatic hydroxyl groups excluding tert-OH is 1. The van der Waals surface area contributed by atoms with Gasteiger partial charge in [-0.25, -0.2) is 4.39 Å². The molecule has 0 heterocycles. The third-order valence-corrected chi connectivity index (χ3v) is 4.45. The van der Waals surface area contributed by atoms with E-state index in [9.17, 15) is 9.50 Å². The quantitative estimate of drug-likeness (QED) is 0.860. The van der Waals surface area contributed by atoms with Crippen molar-refractivity contribution in [2.75, 3.05) is 11.9 Å². The number of anilines is 1. The fraction of sp³-hybridized carbons (Fsp3) is 0.600. The lowest BCUT2D eigenvalue weighted by Crippen LogP contribution is -2.56. The zero-order valence-corrected chi connectivity index (χ0v) is 11.2. The maximum absolute atomic E-state index is 12.9. The van der Waals surface area contributed by atoms with Crippen LogP contribution in [-0.2, 0) is 0 Å². The molecular formula is C15H22FNO. The van der Waals surface area contributed by atoms with Gasteiger partial charge in [-0.2, -0.15) is 0 Å². The van der Waals surface area contributed by atoms with Crippen molar-refractivity contribution in [3.8, 4) is 0 Å². The minimum absolute atomic E-state index is 0.0361. The summed E-state index contributed by atoms with van der Waals surface area (Å²) >= 11 is 0. The van der Waals surface area contributed by atoms with Gasteiger partial charge in [-0.15, -0.1) is 0 Å². The van der Waals surface area contributed by atoms with E-state index in [1.807, 2.05) is 0 Å². The summed E-state index contributed by atoms with van der Waals surface area (Å²) in [6.45, 7) is 4.50. The highest BCUT2D eigenvalue weighted by Gasteiger charge is 2.46. The van der Waals surface area contributed by atoms with E-state index in [0.717, 1.165) is 24.9 Å². The highest BCUT2D eigenvalue weighted by Crippen LogP contribution is 2.45. The Morgan fingerprint density at radius 2 is 1.78 bits per heavy atom. The first-order valence-corrected chi connectivity index (χ1v) is 6.64. The molecule has 2 N–H and O–H groups in total. The first-order chi connectivity index (χ1) is 8.49. The lowest BCUT2D eigenvalue weighted by molar-refractivity contribution is 0.0580. The maximum Gasteiger partial charge on any atom is 0.123 e. The van der Waals surface area contributed by atoms with Gasteiger partial charge < -0.3 is 10.4 Å². The molecule has 0 spiro atoms. The minimum atomic E-state index is -0.303. The SMILES string of the molecule is CC1(C)CCCCC1(CO)Nc1ccc(F)cc1. The van der Waals surface area contributed by atoms with Gasteiger partial charge in [0.25, 0.3) is 0 Å². The second-order valence-corrected chi connectivity index (χ2v) is 5.96. The van der Waals surface area contributed by atoms with Crippen molar-refractivity contribution in [1.29, 1.82) is 0 Å². The van der Waals surface area contributed by atoms with E-state index in [1.165, 1.54) is 18.6 Å². The summed E-state index contributed by atoms with van der Waals surface area (Å²) in [5.41, 5.74) is 0.609. The highest BCUT2D eigenvalue weighted by atomic mass is 19.1. The summed E-state index contributed by atoms with van der Waals surface area (Å²) in [6, 6.07) is 6.36. The Labute approximate surface area is 108 Å². The molecule has 1 aromatic carbocycles. The van der Waals surface area contributed by atoms with Crippen LogP contribution >= 0.6 is 0 Å². The molecule has 1 aromatic rings. The standard InChI is InChI=1S/C15H22FNO/c1-14(2)9-3-4-10-15(14,11-18)17-13-7-5-12(16)6-8-13/h5-8,17-18H,3-4,9-11H2,1-2H3. The van der Waals surface area contributed by atoms with Crippen LogP contribution in [0, 0.1) is 11.2 Å². The summed E-state index contributed by atoms with van der Waals surface area (Å²) in [4.78, 5) is 0. The average molecular weight is 251 g/mol. The Hall–Kier alpha value is -1.09. The van der Waals surface area contributed by atoms with Crippen molar-refractivity contribution in [1.82, 2.24) is 0 Å². The van der Waals surface area contributed by atoms with Gasteiger partial charge in [-0.3, -0.25) is 0 Å². The molecule has 0 saturated heterocycles. The van der Waals surface area contributed by atoms with Crippen LogP contribution in [0.4, 0.5) is 10.1 Å². The van der Waals surface area contributed by atoms with Crippen molar-refractivity contribution in [3.63, 3.8) is 0 Å². The second-order valence-electron chi connectivity index (χ2n) is 5.96. The molecule has 18 heavy (non-hydrogen) atoms. The smallest absolute Gasteiger partial charge is 0.123 e. The summed E-state index contributed by atoms with van der Waals surface area (Å²) in [5.74, 6) is -0.235. The molecule has 2 nitrogen and oxygen atoms in total. The summed E-state index contributed by atoms with van der Waals surface area (Å²) < 4.78 is 12.9. The molecule has 3 heteroatoms. The number of nitrogens with one attached hydrogen (secondary N) is 1. The molecule has 1 aliphatic rings. The van der Waals surface area contributed by atoms with Gasteiger partial charge in [0, 0.05) is 5.69 Å². The third kappa shape index (κ3) is 2.37. The molecule has 0 radical (unpaired) electrons. The monoisotopic (exact) mass is 251 g/mol. The number of rotatable bonds is 3. The number of aliphatic hydroxyl groups is 1. The van der Waals surface area contributed by atoms with Crippen molar-refractivity contribution >= 4 is 5.69 Å². The normalized spacial score (nSPS) is 26.9. The van der Waals surface area contributed by atoms with Crippen LogP contribution in [0.15, 0.2) is 24.3 Å². The van der Waals surface area contributed by atoms with Crippen molar-refractivity contribution in [2.24, 2.45) is 5.41 Å². The summed E-state index contributed by atoms with van der Waals surface area (Å²) in [5, 5.41) is 13.3. The first-order valence-electron chi connectivity index (χ1n) is 6.64. The van der Waals surface area contributed by atoms with E-state index in [1.54, 1.807) is 12.1 Å². The lowest BCUT2D eigenvalue weighted by atomic mass is 9.63. The molecule has 0 aliphatic heterocycles. The largest absolute Gasteiger partial charge is 0.394 e. The van der Waals surface area contributed by atoms with Crippen LogP contribution in [0.25, 0.3) is 0 Å². The molecule has 0 bridgehead atoms. The summed E-state index contributed by atoms with van der Waals surface area (Å²) in [7, 11) is 0. The molecular weight excluding hydrogens is 229 g/mol. The molecule has 1 fully saturated rings. The van der Waals surface area contributed by atoms with Crippen LogP contribution in [0.2, 0.25) is 0 Å². The molecule has 2 rings (SSSR count). The highest BCUT2D eigenvalue weighted by molar-refractivity contribution is 5.46.